The number of hydrogen-bond donors (Lipinski definition) is 3. The lowest BCUT2D eigenvalue weighted by atomic mass is 10.1. The van der Waals surface area contributed by atoms with E-state index in [4.69, 9.17) is 10.5 Å². The van der Waals surface area contributed by atoms with Crippen LogP contribution in [0.3, 0.4) is 0 Å². The second kappa shape index (κ2) is 9.19. The van der Waals surface area contributed by atoms with Crippen molar-refractivity contribution < 1.29 is 13.9 Å². The van der Waals surface area contributed by atoms with Crippen molar-refractivity contribution in [3.8, 4) is 17.1 Å². The van der Waals surface area contributed by atoms with Crippen molar-refractivity contribution in [2.45, 2.75) is 13.2 Å². The van der Waals surface area contributed by atoms with E-state index < -0.39 is 5.82 Å². The van der Waals surface area contributed by atoms with Gasteiger partial charge < -0.3 is 20.8 Å². The molecule has 7 nitrogen and oxygen atoms in total. The Kier molecular flexibility index (Phi) is 6.00. The van der Waals surface area contributed by atoms with Gasteiger partial charge in [-0.05, 0) is 54.1 Å². The number of rotatable bonds is 7. The zero-order valence-electron chi connectivity index (χ0n) is 16.5. The molecular formula is C23H20FN5O2. The van der Waals surface area contributed by atoms with Crippen molar-refractivity contribution in [2.75, 3.05) is 5.32 Å². The number of carbonyl (C=O) groups is 1. The standard InChI is InChI=1S/C23H20FN5O2/c24-20-11-16(13-25)21(12-19(20)22-27-9-10-28-22)29-23(30)15-4-6-18(7-5-15)31-14-17-3-1-2-8-26-17/h1-12H,13-14,25H2,(H,27,28)(H,29,30). The maximum atomic E-state index is 14.4. The highest BCUT2D eigenvalue weighted by Crippen LogP contribution is 2.27. The summed E-state index contributed by atoms with van der Waals surface area (Å²) in [5.74, 6) is 0.170. The number of aromatic nitrogens is 3. The van der Waals surface area contributed by atoms with Crippen LogP contribution in [0.1, 0.15) is 21.6 Å². The Bertz CT molecular complexity index is 1160. The van der Waals surface area contributed by atoms with Gasteiger partial charge in [-0.1, -0.05) is 6.07 Å². The van der Waals surface area contributed by atoms with E-state index in [1.807, 2.05) is 18.2 Å². The van der Waals surface area contributed by atoms with Gasteiger partial charge in [-0.2, -0.15) is 0 Å². The minimum Gasteiger partial charge on any atom is -0.487 e. The number of H-pyrrole nitrogens is 1. The summed E-state index contributed by atoms with van der Waals surface area (Å²) in [6.07, 6.45) is 4.83. The van der Waals surface area contributed by atoms with Crippen molar-refractivity contribution in [3.63, 3.8) is 0 Å². The van der Waals surface area contributed by atoms with Crippen LogP contribution in [0.25, 0.3) is 11.4 Å². The molecule has 0 fully saturated rings. The van der Waals surface area contributed by atoms with E-state index in [1.54, 1.807) is 36.7 Å². The van der Waals surface area contributed by atoms with Crippen LogP contribution in [0.2, 0.25) is 0 Å². The van der Waals surface area contributed by atoms with Gasteiger partial charge in [0, 0.05) is 36.4 Å². The first-order valence-electron chi connectivity index (χ1n) is 9.60. The van der Waals surface area contributed by atoms with Gasteiger partial charge in [-0.3, -0.25) is 9.78 Å². The first kappa shape index (κ1) is 20.2. The summed E-state index contributed by atoms with van der Waals surface area (Å²) in [7, 11) is 0. The summed E-state index contributed by atoms with van der Waals surface area (Å²) in [5.41, 5.74) is 8.13. The van der Waals surface area contributed by atoms with Gasteiger partial charge in [0.05, 0.1) is 11.3 Å². The number of imidazole rings is 1. The Hall–Kier alpha value is -4.04. The van der Waals surface area contributed by atoms with E-state index in [-0.39, 0.29) is 18.0 Å². The maximum absolute atomic E-state index is 14.4. The molecule has 0 radical (unpaired) electrons. The number of benzene rings is 2. The van der Waals surface area contributed by atoms with Crippen LogP contribution in [-0.2, 0) is 13.2 Å². The molecule has 4 aromatic rings. The van der Waals surface area contributed by atoms with E-state index in [0.717, 1.165) is 5.69 Å². The van der Waals surface area contributed by atoms with Gasteiger partial charge in [0.25, 0.3) is 5.91 Å². The molecule has 0 saturated carbocycles. The minimum atomic E-state index is -0.470. The van der Waals surface area contributed by atoms with Gasteiger partial charge in [-0.15, -0.1) is 0 Å². The number of ether oxygens (including phenoxy) is 1. The fraction of sp³-hybridized carbons (Fsp3) is 0.0870. The summed E-state index contributed by atoms with van der Waals surface area (Å²) in [5, 5.41) is 2.81. The monoisotopic (exact) mass is 417 g/mol. The molecule has 8 heteroatoms. The number of pyridine rings is 1. The number of amides is 1. The third-order valence-electron chi connectivity index (χ3n) is 4.64. The minimum absolute atomic E-state index is 0.0747. The van der Waals surface area contributed by atoms with Gasteiger partial charge in [0.2, 0.25) is 0 Å². The molecule has 0 aliphatic heterocycles. The number of halogens is 1. The van der Waals surface area contributed by atoms with Crippen molar-refractivity contribution in [3.05, 3.63) is 95.8 Å². The second-order valence-corrected chi connectivity index (χ2v) is 6.72. The molecule has 0 spiro atoms. The highest BCUT2D eigenvalue weighted by atomic mass is 19.1. The van der Waals surface area contributed by atoms with Crippen LogP contribution in [0.15, 0.2) is 73.2 Å². The molecule has 1 amide bonds. The Morgan fingerprint density at radius 3 is 2.61 bits per heavy atom. The van der Waals surface area contributed by atoms with E-state index in [2.05, 4.69) is 20.3 Å². The molecule has 0 aliphatic carbocycles. The third-order valence-corrected chi connectivity index (χ3v) is 4.64. The molecule has 0 unspecified atom stereocenters. The Labute approximate surface area is 178 Å². The molecule has 2 heterocycles. The first-order valence-corrected chi connectivity index (χ1v) is 9.60. The Morgan fingerprint density at radius 2 is 1.94 bits per heavy atom. The summed E-state index contributed by atoms with van der Waals surface area (Å²) < 4.78 is 20.1. The quantitative estimate of drug-likeness (QED) is 0.423. The van der Waals surface area contributed by atoms with E-state index >= 15 is 0 Å². The van der Waals surface area contributed by atoms with Gasteiger partial charge in [0.1, 0.15) is 24.0 Å². The number of anilines is 1. The molecule has 0 atom stereocenters. The number of nitrogens with one attached hydrogen (secondary N) is 2. The average molecular weight is 417 g/mol. The molecule has 31 heavy (non-hydrogen) atoms. The lowest BCUT2D eigenvalue weighted by Gasteiger charge is -2.13. The number of nitrogens with two attached hydrogens (primary N) is 1. The van der Waals surface area contributed by atoms with Crippen molar-refractivity contribution in [2.24, 2.45) is 5.73 Å². The molecule has 0 bridgehead atoms. The third kappa shape index (κ3) is 4.76. The molecule has 0 saturated heterocycles. The van der Waals surface area contributed by atoms with Gasteiger partial charge >= 0.3 is 0 Å². The molecule has 4 rings (SSSR count). The molecule has 4 N–H and O–H groups in total. The van der Waals surface area contributed by atoms with Gasteiger partial charge in [0.15, 0.2) is 0 Å². The van der Waals surface area contributed by atoms with Crippen LogP contribution in [-0.4, -0.2) is 20.9 Å². The highest BCUT2D eigenvalue weighted by molar-refractivity contribution is 6.05. The largest absolute Gasteiger partial charge is 0.487 e. The Morgan fingerprint density at radius 1 is 1.10 bits per heavy atom. The van der Waals surface area contributed by atoms with Crippen molar-refractivity contribution >= 4 is 11.6 Å². The van der Waals surface area contributed by atoms with Crippen LogP contribution >= 0.6 is 0 Å². The first-order chi connectivity index (χ1) is 15.1. The fourth-order valence-corrected chi connectivity index (χ4v) is 3.03. The number of hydrogen-bond acceptors (Lipinski definition) is 5. The molecule has 2 aromatic heterocycles. The molecular weight excluding hydrogens is 397 g/mol. The van der Waals surface area contributed by atoms with E-state index in [1.165, 1.54) is 18.3 Å². The summed E-state index contributed by atoms with van der Waals surface area (Å²) >= 11 is 0. The predicted octanol–water partition coefficient (Wildman–Crippen LogP) is 3.90. The normalized spacial score (nSPS) is 10.6. The lowest BCUT2D eigenvalue weighted by Crippen LogP contribution is -2.15. The van der Waals surface area contributed by atoms with Crippen molar-refractivity contribution in [1.29, 1.82) is 0 Å². The fourth-order valence-electron chi connectivity index (χ4n) is 3.03. The van der Waals surface area contributed by atoms with E-state index in [9.17, 15) is 9.18 Å². The number of carbonyl (C=O) groups excluding carboxylic acids is 1. The molecule has 156 valence electrons. The lowest BCUT2D eigenvalue weighted by molar-refractivity contribution is 0.102. The van der Waals surface area contributed by atoms with Crippen LogP contribution in [0.4, 0.5) is 10.1 Å². The number of nitrogens with zero attached hydrogens (tertiary/aromatic N) is 2. The predicted molar refractivity (Wildman–Crippen MR) is 115 cm³/mol. The zero-order chi connectivity index (χ0) is 21.6. The molecule has 2 aromatic carbocycles. The van der Waals surface area contributed by atoms with Crippen LogP contribution < -0.4 is 15.8 Å². The molecule has 0 aliphatic rings. The summed E-state index contributed by atoms with van der Waals surface area (Å²) in [6, 6.07) is 15.2. The highest BCUT2D eigenvalue weighted by Gasteiger charge is 2.15. The zero-order valence-corrected chi connectivity index (χ0v) is 16.5. The van der Waals surface area contributed by atoms with Crippen LogP contribution in [0, 0.1) is 5.82 Å². The van der Waals surface area contributed by atoms with Crippen LogP contribution in [0.5, 0.6) is 5.75 Å². The average Bonchev–Trinajstić information content (AvgIpc) is 3.34. The summed E-state index contributed by atoms with van der Waals surface area (Å²) in [4.78, 5) is 23.9. The number of aromatic amines is 1. The van der Waals surface area contributed by atoms with Gasteiger partial charge in [-0.25, -0.2) is 9.37 Å². The topological polar surface area (TPSA) is 106 Å². The van der Waals surface area contributed by atoms with E-state index in [0.29, 0.717) is 35.0 Å². The maximum Gasteiger partial charge on any atom is 0.255 e. The van der Waals surface area contributed by atoms with Crippen molar-refractivity contribution in [1.82, 2.24) is 15.0 Å². The second-order valence-electron chi connectivity index (χ2n) is 6.72. The summed E-state index contributed by atoms with van der Waals surface area (Å²) in [6.45, 7) is 0.405. The Balaban J connectivity index is 1.48. The SMILES string of the molecule is NCc1cc(F)c(-c2ncc[nH]2)cc1NC(=O)c1ccc(OCc2ccccn2)cc1. The smallest absolute Gasteiger partial charge is 0.255 e.